The summed E-state index contributed by atoms with van der Waals surface area (Å²) in [5, 5.41) is 9.10. The molecule has 31 heavy (non-hydrogen) atoms. The Morgan fingerprint density at radius 3 is 2.06 bits per heavy atom. The van der Waals surface area contributed by atoms with Crippen molar-refractivity contribution in [2.24, 2.45) is 11.8 Å². The number of carboxylic acids is 1. The summed E-state index contributed by atoms with van der Waals surface area (Å²) >= 11 is 0. The van der Waals surface area contributed by atoms with Gasteiger partial charge in [0.05, 0.1) is 33.4 Å². The van der Waals surface area contributed by atoms with Gasteiger partial charge in [0.2, 0.25) is 0 Å². The first-order valence-corrected chi connectivity index (χ1v) is 10.3. The SMILES string of the molecule is COc1ccc(-c2cccc(COCC3CC3C(=O)O)c2-c2ccc(OC)cc2)cc1. The molecular formula is C26H26O5. The first-order chi connectivity index (χ1) is 15.1. The summed E-state index contributed by atoms with van der Waals surface area (Å²) in [5.41, 5.74) is 5.41. The summed E-state index contributed by atoms with van der Waals surface area (Å²) in [6.45, 7) is 0.889. The third kappa shape index (κ3) is 4.72. The van der Waals surface area contributed by atoms with E-state index in [9.17, 15) is 4.79 Å². The third-order valence-electron chi connectivity index (χ3n) is 5.76. The minimum atomic E-state index is -0.728. The Morgan fingerprint density at radius 1 is 0.903 bits per heavy atom. The summed E-state index contributed by atoms with van der Waals surface area (Å²) in [6, 6.07) is 22.2. The van der Waals surface area contributed by atoms with Crippen LogP contribution >= 0.6 is 0 Å². The van der Waals surface area contributed by atoms with Gasteiger partial charge in [-0.25, -0.2) is 0 Å². The maximum absolute atomic E-state index is 11.1. The molecule has 1 N–H and O–H groups in total. The van der Waals surface area contributed by atoms with E-state index in [-0.39, 0.29) is 11.8 Å². The maximum atomic E-state index is 11.1. The number of benzene rings is 3. The van der Waals surface area contributed by atoms with Gasteiger partial charge in [-0.3, -0.25) is 4.79 Å². The summed E-state index contributed by atoms with van der Waals surface area (Å²) in [4.78, 5) is 11.1. The van der Waals surface area contributed by atoms with Crippen LogP contribution in [0.15, 0.2) is 66.7 Å². The molecule has 3 aromatic carbocycles. The molecule has 4 rings (SSSR count). The molecule has 0 aliphatic heterocycles. The van der Waals surface area contributed by atoms with Crippen LogP contribution in [0.1, 0.15) is 12.0 Å². The topological polar surface area (TPSA) is 65.0 Å². The van der Waals surface area contributed by atoms with Crippen molar-refractivity contribution < 1.29 is 24.1 Å². The van der Waals surface area contributed by atoms with Crippen molar-refractivity contribution in [1.29, 1.82) is 0 Å². The largest absolute Gasteiger partial charge is 0.497 e. The molecule has 0 saturated heterocycles. The minimum Gasteiger partial charge on any atom is -0.497 e. The van der Waals surface area contributed by atoms with Gasteiger partial charge in [-0.2, -0.15) is 0 Å². The summed E-state index contributed by atoms with van der Waals surface area (Å²) < 4.78 is 16.6. The predicted octanol–water partition coefficient (Wildman–Crippen LogP) is 5.28. The summed E-state index contributed by atoms with van der Waals surface area (Å²) in [7, 11) is 3.31. The fraction of sp³-hybridized carbons (Fsp3) is 0.269. The molecule has 3 aromatic rings. The Kier molecular flexibility index (Phi) is 6.23. The number of carboxylic acid groups (broad SMARTS) is 1. The number of hydrogen-bond donors (Lipinski definition) is 1. The Balaban J connectivity index is 1.65. The Bertz CT molecular complexity index is 1040. The maximum Gasteiger partial charge on any atom is 0.306 e. The lowest BCUT2D eigenvalue weighted by Gasteiger charge is -2.17. The number of methoxy groups -OCH3 is 2. The standard InChI is InChI=1S/C26H26O5/c1-29-21-10-6-17(7-11-21)23-5-3-4-19(15-31-16-20-14-24(20)26(27)28)25(23)18-8-12-22(30-2)13-9-18/h3-13,20,24H,14-16H2,1-2H3,(H,27,28). The van der Waals surface area contributed by atoms with Gasteiger partial charge in [0, 0.05) is 0 Å². The average Bonchev–Trinajstić information content (AvgIpc) is 3.59. The van der Waals surface area contributed by atoms with Crippen molar-refractivity contribution >= 4 is 5.97 Å². The van der Waals surface area contributed by atoms with Gasteiger partial charge < -0.3 is 19.3 Å². The molecule has 2 atom stereocenters. The van der Waals surface area contributed by atoms with E-state index in [0.29, 0.717) is 19.6 Å². The molecular weight excluding hydrogens is 392 g/mol. The van der Waals surface area contributed by atoms with Gasteiger partial charge in [0.25, 0.3) is 0 Å². The fourth-order valence-electron chi connectivity index (χ4n) is 3.88. The molecule has 0 heterocycles. The van der Waals surface area contributed by atoms with Crippen LogP contribution in [-0.4, -0.2) is 31.9 Å². The zero-order valence-corrected chi connectivity index (χ0v) is 17.7. The van der Waals surface area contributed by atoms with Crippen molar-refractivity contribution in [3.8, 4) is 33.8 Å². The van der Waals surface area contributed by atoms with E-state index in [0.717, 1.165) is 39.3 Å². The lowest BCUT2D eigenvalue weighted by Crippen LogP contribution is -2.05. The van der Waals surface area contributed by atoms with Crippen molar-refractivity contribution in [3.63, 3.8) is 0 Å². The first kappa shape index (κ1) is 20.9. The van der Waals surface area contributed by atoms with Crippen molar-refractivity contribution in [1.82, 2.24) is 0 Å². The molecule has 160 valence electrons. The third-order valence-corrected chi connectivity index (χ3v) is 5.76. The zero-order chi connectivity index (χ0) is 21.8. The highest BCUT2D eigenvalue weighted by Crippen LogP contribution is 2.40. The fourth-order valence-corrected chi connectivity index (χ4v) is 3.88. The van der Waals surface area contributed by atoms with E-state index in [1.807, 2.05) is 54.6 Å². The molecule has 0 amide bonds. The van der Waals surface area contributed by atoms with Crippen LogP contribution in [0.25, 0.3) is 22.3 Å². The number of hydrogen-bond acceptors (Lipinski definition) is 4. The second-order valence-electron chi connectivity index (χ2n) is 7.75. The molecule has 1 aliphatic rings. The molecule has 5 heteroatoms. The zero-order valence-electron chi connectivity index (χ0n) is 17.7. The lowest BCUT2D eigenvalue weighted by atomic mass is 9.90. The van der Waals surface area contributed by atoms with E-state index in [1.165, 1.54) is 0 Å². The van der Waals surface area contributed by atoms with E-state index >= 15 is 0 Å². The van der Waals surface area contributed by atoms with Crippen LogP contribution in [0.5, 0.6) is 11.5 Å². The summed E-state index contributed by atoms with van der Waals surface area (Å²) in [6.07, 6.45) is 0.701. The predicted molar refractivity (Wildman–Crippen MR) is 119 cm³/mol. The second-order valence-corrected chi connectivity index (χ2v) is 7.75. The van der Waals surface area contributed by atoms with Crippen LogP contribution in [0.3, 0.4) is 0 Å². The number of rotatable bonds is 9. The van der Waals surface area contributed by atoms with Gasteiger partial charge in [-0.1, -0.05) is 42.5 Å². The second kappa shape index (κ2) is 9.23. The van der Waals surface area contributed by atoms with Crippen molar-refractivity contribution in [2.45, 2.75) is 13.0 Å². The first-order valence-electron chi connectivity index (χ1n) is 10.3. The number of aliphatic carboxylic acids is 1. The lowest BCUT2D eigenvalue weighted by molar-refractivity contribution is -0.139. The molecule has 1 aliphatic carbocycles. The van der Waals surface area contributed by atoms with E-state index in [1.54, 1.807) is 14.2 Å². The van der Waals surface area contributed by atoms with Gasteiger partial charge in [-0.05, 0) is 64.4 Å². The molecule has 0 radical (unpaired) electrons. The monoisotopic (exact) mass is 418 g/mol. The quantitative estimate of drug-likeness (QED) is 0.512. The van der Waals surface area contributed by atoms with Crippen LogP contribution in [0, 0.1) is 11.8 Å². The van der Waals surface area contributed by atoms with Crippen LogP contribution < -0.4 is 9.47 Å². The van der Waals surface area contributed by atoms with E-state index in [2.05, 4.69) is 12.1 Å². The molecule has 2 unspecified atom stereocenters. The van der Waals surface area contributed by atoms with Gasteiger partial charge >= 0.3 is 5.97 Å². The van der Waals surface area contributed by atoms with Gasteiger partial charge in [0.15, 0.2) is 0 Å². The molecule has 5 nitrogen and oxygen atoms in total. The Hall–Kier alpha value is -3.31. The summed E-state index contributed by atoms with van der Waals surface area (Å²) in [5.74, 6) is 0.746. The number of ether oxygens (including phenoxy) is 3. The van der Waals surface area contributed by atoms with Crippen LogP contribution in [0.4, 0.5) is 0 Å². The molecule has 1 saturated carbocycles. The van der Waals surface area contributed by atoms with E-state index < -0.39 is 5.97 Å². The van der Waals surface area contributed by atoms with Crippen LogP contribution in [-0.2, 0) is 16.1 Å². The van der Waals surface area contributed by atoms with Crippen molar-refractivity contribution in [2.75, 3.05) is 20.8 Å². The van der Waals surface area contributed by atoms with E-state index in [4.69, 9.17) is 19.3 Å². The highest BCUT2D eigenvalue weighted by molar-refractivity contribution is 5.86. The molecule has 0 bridgehead atoms. The highest BCUT2D eigenvalue weighted by atomic mass is 16.5. The smallest absolute Gasteiger partial charge is 0.306 e. The minimum absolute atomic E-state index is 0.117. The number of carbonyl (C=O) groups is 1. The highest BCUT2D eigenvalue weighted by Gasteiger charge is 2.43. The normalized spacial score (nSPS) is 17.2. The van der Waals surface area contributed by atoms with Gasteiger partial charge in [-0.15, -0.1) is 0 Å². The van der Waals surface area contributed by atoms with Gasteiger partial charge in [0.1, 0.15) is 11.5 Å². The molecule has 0 aromatic heterocycles. The molecule has 0 spiro atoms. The Labute approximate surface area is 182 Å². The average molecular weight is 418 g/mol. The molecule has 1 fully saturated rings. The van der Waals surface area contributed by atoms with Crippen molar-refractivity contribution in [3.05, 3.63) is 72.3 Å². The van der Waals surface area contributed by atoms with Crippen LogP contribution in [0.2, 0.25) is 0 Å². The Morgan fingerprint density at radius 2 is 1.52 bits per heavy atom.